The van der Waals surface area contributed by atoms with Crippen molar-refractivity contribution >= 4 is 10.9 Å². The van der Waals surface area contributed by atoms with Gasteiger partial charge in [0.25, 0.3) is 0 Å². The van der Waals surface area contributed by atoms with Gasteiger partial charge in [-0.05, 0) is 30.2 Å². The molecular formula is C11H11NO. The maximum atomic E-state index is 8.78. The molecule has 1 aromatic carbocycles. The van der Waals surface area contributed by atoms with Crippen molar-refractivity contribution in [2.24, 2.45) is 0 Å². The summed E-state index contributed by atoms with van der Waals surface area (Å²) < 4.78 is 0. The predicted molar refractivity (Wildman–Crippen MR) is 52.5 cm³/mol. The van der Waals surface area contributed by atoms with E-state index in [0.29, 0.717) is 6.42 Å². The van der Waals surface area contributed by atoms with E-state index in [2.05, 4.69) is 11.1 Å². The minimum absolute atomic E-state index is 0.200. The number of rotatable bonds is 2. The molecular weight excluding hydrogens is 162 g/mol. The molecule has 0 bridgehead atoms. The Kier molecular flexibility index (Phi) is 2.23. The highest BCUT2D eigenvalue weighted by Crippen LogP contribution is 2.13. The molecule has 0 aliphatic carbocycles. The average Bonchev–Trinajstić information content (AvgIpc) is 2.18. The summed E-state index contributed by atoms with van der Waals surface area (Å²) in [5.74, 6) is 0. The topological polar surface area (TPSA) is 33.1 Å². The Morgan fingerprint density at radius 2 is 2.15 bits per heavy atom. The first-order valence-electron chi connectivity index (χ1n) is 4.34. The van der Waals surface area contributed by atoms with E-state index in [1.54, 1.807) is 6.20 Å². The van der Waals surface area contributed by atoms with Gasteiger partial charge in [-0.1, -0.05) is 12.1 Å². The summed E-state index contributed by atoms with van der Waals surface area (Å²) in [5.41, 5.74) is 2.16. The number of nitrogens with zero attached hydrogens (tertiary/aromatic N) is 1. The molecule has 1 aromatic heterocycles. The first-order valence-corrected chi connectivity index (χ1v) is 4.34. The van der Waals surface area contributed by atoms with Gasteiger partial charge in [-0.15, -0.1) is 0 Å². The number of aliphatic hydroxyl groups excluding tert-OH is 1. The zero-order chi connectivity index (χ0) is 9.10. The lowest BCUT2D eigenvalue weighted by molar-refractivity contribution is 0.299. The zero-order valence-electron chi connectivity index (χ0n) is 7.27. The van der Waals surface area contributed by atoms with Crippen LogP contribution < -0.4 is 0 Å². The van der Waals surface area contributed by atoms with Crippen molar-refractivity contribution in [1.82, 2.24) is 4.98 Å². The largest absolute Gasteiger partial charge is 0.396 e. The van der Waals surface area contributed by atoms with Crippen LogP contribution >= 0.6 is 0 Å². The van der Waals surface area contributed by atoms with Gasteiger partial charge in [-0.3, -0.25) is 4.98 Å². The van der Waals surface area contributed by atoms with Crippen LogP contribution in [0.25, 0.3) is 10.9 Å². The fourth-order valence-corrected chi connectivity index (χ4v) is 1.41. The molecule has 0 aliphatic heterocycles. The van der Waals surface area contributed by atoms with Crippen molar-refractivity contribution < 1.29 is 5.11 Å². The highest BCUT2D eigenvalue weighted by atomic mass is 16.2. The van der Waals surface area contributed by atoms with Crippen LogP contribution in [-0.2, 0) is 6.42 Å². The SMILES string of the molecule is OCCc1ccc2ncccc2c1. The van der Waals surface area contributed by atoms with E-state index in [0.717, 1.165) is 16.5 Å². The molecule has 0 saturated carbocycles. The highest BCUT2D eigenvalue weighted by molar-refractivity contribution is 5.78. The number of hydrogen-bond donors (Lipinski definition) is 1. The number of aliphatic hydroxyl groups is 1. The quantitative estimate of drug-likeness (QED) is 0.750. The lowest BCUT2D eigenvalue weighted by Gasteiger charge is -2.00. The summed E-state index contributed by atoms with van der Waals surface area (Å²) in [6.45, 7) is 0.200. The minimum atomic E-state index is 0.200. The van der Waals surface area contributed by atoms with Crippen LogP contribution in [0.15, 0.2) is 36.5 Å². The summed E-state index contributed by atoms with van der Waals surface area (Å²) in [6.07, 6.45) is 2.50. The van der Waals surface area contributed by atoms with Crippen LogP contribution in [0.4, 0.5) is 0 Å². The third kappa shape index (κ3) is 1.68. The third-order valence-electron chi connectivity index (χ3n) is 2.07. The van der Waals surface area contributed by atoms with E-state index in [9.17, 15) is 0 Å². The molecule has 0 atom stereocenters. The monoisotopic (exact) mass is 173 g/mol. The van der Waals surface area contributed by atoms with Gasteiger partial charge in [0.2, 0.25) is 0 Å². The number of benzene rings is 1. The Balaban J connectivity index is 2.49. The molecule has 0 radical (unpaired) electrons. The maximum absolute atomic E-state index is 8.78. The van der Waals surface area contributed by atoms with E-state index in [4.69, 9.17) is 5.11 Å². The minimum Gasteiger partial charge on any atom is -0.396 e. The second-order valence-corrected chi connectivity index (χ2v) is 3.00. The molecule has 0 unspecified atom stereocenters. The van der Waals surface area contributed by atoms with Crippen LogP contribution in [-0.4, -0.2) is 16.7 Å². The zero-order valence-corrected chi connectivity index (χ0v) is 7.27. The summed E-state index contributed by atoms with van der Waals surface area (Å²) >= 11 is 0. The van der Waals surface area contributed by atoms with Crippen molar-refractivity contribution in [1.29, 1.82) is 0 Å². The maximum Gasteiger partial charge on any atom is 0.0702 e. The fourth-order valence-electron chi connectivity index (χ4n) is 1.41. The van der Waals surface area contributed by atoms with E-state index < -0.39 is 0 Å². The molecule has 13 heavy (non-hydrogen) atoms. The first kappa shape index (κ1) is 8.20. The molecule has 1 N–H and O–H groups in total. The Labute approximate surface area is 76.9 Å². The van der Waals surface area contributed by atoms with Gasteiger partial charge in [0, 0.05) is 18.2 Å². The molecule has 66 valence electrons. The van der Waals surface area contributed by atoms with Crippen LogP contribution in [0.5, 0.6) is 0 Å². The van der Waals surface area contributed by atoms with Gasteiger partial charge >= 0.3 is 0 Å². The third-order valence-corrected chi connectivity index (χ3v) is 2.07. The van der Waals surface area contributed by atoms with E-state index in [1.165, 1.54) is 0 Å². The van der Waals surface area contributed by atoms with Gasteiger partial charge in [-0.2, -0.15) is 0 Å². The molecule has 1 heterocycles. The molecule has 0 saturated heterocycles. The Bertz CT molecular complexity index is 412. The molecule has 2 aromatic rings. The number of pyridine rings is 1. The molecule has 2 heteroatoms. The molecule has 0 amide bonds. The second kappa shape index (κ2) is 3.54. The lowest BCUT2D eigenvalue weighted by atomic mass is 10.1. The first-order chi connectivity index (χ1) is 6.40. The van der Waals surface area contributed by atoms with E-state index in [-0.39, 0.29) is 6.61 Å². The normalized spacial score (nSPS) is 10.5. The Morgan fingerprint density at radius 1 is 1.23 bits per heavy atom. The molecule has 2 rings (SSSR count). The van der Waals surface area contributed by atoms with Crippen molar-refractivity contribution in [3.05, 3.63) is 42.1 Å². The number of hydrogen-bond acceptors (Lipinski definition) is 2. The highest BCUT2D eigenvalue weighted by Gasteiger charge is 1.95. The summed E-state index contributed by atoms with van der Waals surface area (Å²) in [6, 6.07) is 10.0. The average molecular weight is 173 g/mol. The second-order valence-electron chi connectivity index (χ2n) is 3.00. The Hall–Kier alpha value is -1.41. The predicted octanol–water partition coefficient (Wildman–Crippen LogP) is 1.77. The number of fused-ring (bicyclic) bond motifs is 1. The molecule has 2 nitrogen and oxygen atoms in total. The van der Waals surface area contributed by atoms with Crippen molar-refractivity contribution in [3.63, 3.8) is 0 Å². The van der Waals surface area contributed by atoms with Gasteiger partial charge < -0.3 is 5.11 Å². The number of aromatic nitrogens is 1. The van der Waals surface area contributed by atoms with Gasteiger partial charge in [0.05, 0.1) is 5.52 Å². The van der Waals surface area contributed by atoms with Crippen molar-refractivity contribution in [2.45, 2.75) is 6.42 Å². The van der Waals surface area contributed by atoms with Crippen LogP contribution in [0, 0.1) is 0 Å². The van der Waals surface area contributed by atoms with Gasteiger partial charge in [0.1, 0.15) is 0 Å². The van der Waals surface area contributed by atoms with Crippen molar-refractivity contribution in [2.75, 3.05) is 6.61 Å². The lowest BCUT2D eigenvalue weighted by Crippen LogP contribution is -1.90. The summed E-state index contributed by atoms with van der Waals surface area (Å²) in [7, 11) is 0. The smallest absolute Gasteiger partial charge is 0.0702 e. The van der Waals surface area contributed by atoms with Crippen LogP contribution in [0.2, 0.25) is 0 Å². The van der Waals surface area contributed by atoms with E-state index in [1.807, 2.05) is 24.3 Å². The summed E-state index contributed by atoms with van der Waals surface area (Å²) in [5, 5.41) is 9.91. The van der Waals surface area contributed by atoms with Crippen LogP contribution in [0.1, 0.15) is 5.56 Å². The van der Waals surface area contributed by atoms with Gasteiger partial charge in [0.15, 0.2) is 0 Å². The van der Waals surface area contributed by atoms with Gasteiger partial charge in [-0.25, -0.2) is 0 Å². The standard InChI is InChI=1S/C11H11NO/c13-7-5-9-3-4-11-10(8-9)2-1-6-12-11/h1-4,6,8,13H,5,7H2. The fraction of sp³-hybridized carbons (Fsp3) is 0.182. The van der Waals surface area contributed by atoms with Crippen molar-refractivity contribution in [3.8, 4) is 0 Å². The summed E-state index contributed by atoms with van der Waals surface area (Å²) in [4.78, 5) is 4.22. The van der Waals surface area contributed by atoms with E-state index >= 15 is 0 Å². The molecule has 0 fully saturated rings. The molecule has 0 aliphatic rings. The Morgan fingerprint density at radius 3 is 3.00 bits per heavy atom. The van der Waals surface area contributed by atoms with Crippen LogP contribution in [0.3, 0.4) is 0 Å². The molecule has 0 spiro atoms.